The fraction of sp³-hybridized carbons (Fsp3) is 0.412. The van der Waals surface area contributed by atoms with Gasteiger partial charge in [0.15, 0.2) is 6.29 Å². The summed E-state index contributed by atoms with van der Waals surface area (Å²) in [7, 11) is -4.15. The number of amides is 2. The molecule has 0 bridgehead atoms. The number of anilines is 1. The van der Waals surface area contributed by atoms with Crippen molar-refractivity contribution < 1.29 is 37.3 Å². The van der Waals surface area contributed by atoms with E-state index in [4.69, 9.17) is 14.2 Å². The van der Waals surface area contributed by atoms with Crippen molar-refractivity contribution in [1.82, 2.24) is 14.6 Å². The van der Waals surface area contributed by atoms with Crippen LogP contribution in [0, 0.1) is 11.8 Å². The Kier molecular flexibility index (Phi) is 9.80. The molecule has 3 aromatic rings. The highest BCUT2D eigenvalue weighted by Gasteiger charge is 2.44. The number of H-pyrrole nitrogens is 1. The van der Waals surface area contributed by atoms with E-state index >= 15 is 0 Å². The van der Waals surface area contributed by atoms with Crippen molar-refractivity contribution in [2.75, 3.05) is 31.6 Å². The summed E-state index contributed by atoms with van der Waals surface area (Å²) in [6.07, 6.45) is 1.48. The maximum Gasteiger partial charge on any atom is 0.407 e. The number of nitrogens with zero attached hydrogens (tertiary/aromatic N) is 1. The number of ether oxygens (including phenoxy) is 3. The molecule has 3 aliphatic heterocycles. The normalized spacial score (nSPS) is 22.7. The first-order chi connectivity index (χ1) is 22.6. The first kappa shape index (κ1) is 32.9. The Bertz CT molecular complexity index is 1710. The van der Waals surface area contributed by atoms with E-state index in [1.807, 2.05) is 50.2 Å². The summed E-state index contributed by atoms with van der Waals surface area (Å²) in [5.74, 6) is -0.464. The van der Waals surface area contributed by atoms with Crippen LogP contribution in [-0.2, 0) is 35.4 Å². The molecule has 5 unspecified atom stereocenters. The number of benzene rings is 2. The molecule has 4 heterocycles. The molecule has 13 heteroatoms. The van der Waals surface area contributed by atoms with Crippen LogP contribution in [0.1, 0.15) is 37.1 Å². The number of hydrogen-bond acceptors (Lipinski definition) is 8. The number of hydrogen-bond donors (Lipinski definition) is 4. The Hall–Kier alpha value is -4.01. The van der Waals surface area contributed by atoms with Gasteiger partial charge in [0.1, 0.15) is 6.10 Å². The predicted octanol–water partition coefficient (Wildman–Crippen LogP) is 3.61. The maximum absolute atomic E-state index is 14.2. The Morgan fingerprint density at radius 2 is 1.94 bits per heavy atom. The smallest absolute Gasteiger partial charge is 0.407 e. The summed E-state index contributed by atoms with van der Waals surface area (Å²) in [5, 5.41) is 17.2. The summed E-state index contributed by atoms with van der Waals surface area (Å²) in [6.45, 7) is 4.36. The lowest BCUT2D eigenvalue weighted by Crippen LogP contribution is -2.51. The fourth-order valence-electron chi connectivity index (χ4n) is 6.25. The van der Waals surface area contributed by atoms with Gasteiger partial charge in [-0.25, -0.2) is 13.2 Å². The number of aromatic nitrogens is 1. The minimum Gasteiger partial charge on any atom is -0.443 e. The SMILES string of the molecule is CC(C)CN(CC(O)C(Cc1ccccc1)NC(=O)OC1COC2OCCC12)S(=O)(=O)c1ccc2c(c1)/C(=C/c1ccc[nH]1)C(=O)N2. The van der Waals surface area contributed by atoms with Gasteiger partial charge in [-0.2, -0.15) is 4.31 Å². The topological polar surface area (TPSA) is 159 Å². The van der Waals surface area contributed by atoms with Gasteiger partial charge in [-0.05, 0) is 60.7 Å². The number of sulfonamides is 1. The van der Waals surface area contributed by atoms with E-state index < -0.39 is 34.4 Å². The largest absolute Gasteiger partial charge is 0.443 e. The van der Waals surface area contributed by atoms with Gasteiger partial charge in [0, 0.05) is 36.2 Å². The number of aliphatic hydroxyl groups excluding tert-OH is 1. The lowest BCUT2D eigenvalue weighted by molar-refractivity contribution is -0.110. The molecule has 0 radical (unpaired) electrons. The molecule has 2 aromatic carbocycles. The van der Waals surface area contributed by atoms with Crippen molar-refractivity contribution in [1.29, 1.82) is 0 Å². The first-order valence-electron chi connectivity index (χ1n) is 15.8. The number of alkyl carbamates (subject to hydrolysis) is 1. The van der Waals surface area contributed by atoms with Gasteiger partial charge >= 0.3 is 6.09 Å². The highest BCUT2D eigenvalue weighted by Crippen LogP contribution is 2.36. The molecular weight excluding hydrogens is 624 g/mol. The monoisotopic (exact) mass is 664 g/mol. The van der Waals surface area contributed by atoms with Crippen molar-refractivity contribution in [3.8, 4) is 0 Å². The van der Waals surface area contributed by atoms with Crippen molar-refractivity contribution in [2.45, 2.75) is 56.1 Å². The van der Waals surface area contributed by atoms with E-state index in [-0.39, 0.29) is 55.0 Å². The molecule has 3 aliphatic rings. The molecule has 0 saturated carbocycles. The summed E-state index contributed by atoms with van der Waals surface area (Å²) < 4.78 is 46.5. The van der Waals surface area contributed by atoms with Crippen LogP contribution in [0.15, 0.2) is 71.8 Å². The standard InChI is InChI=1S/C34H40N4O8S/c1-21(2)18-38(47(42,43)24-10-11-28-26(17-24)27(32(40)36-28)16-23-9-6-13-35-23)19-30(39)29(15-22-7-4-3-5-8-22)37-34(41)46-31-20-45-33-25(31)12-14-44-33/h3-11,13,16-17,21,25,29-31,33,35,39H,12,14-15,18-20H2,1-2H3,(H,36,40)(H,37,41)/b27-16-. The van der Waals surface area contributed by atoms with Crippen LogP contribution in [0.2, 0.25) is 0 Å². The number of carbonyl (C=O) groups is 2. The van der Waals surface area contributed by atoms with Gasteiger partial charge in [-0.3, -0.25) is 4.79 Å². The van der Waals surface area contributed by atoms with Crippen molar-refractivity contribution in [3.05, 3.63) is 83.7 Å². The molecule has 6 rings (SSSR count). The van der Waals surface area contributed by atoms with Crippen molar-refractivity contribution in [3.63, 3.8) is 0 Å². The quantitative estimate of drug-likeness (QED) is 0.214. The van der Waals surface area contributed by atoms with E-state index in [9.17, 15) is 23.1 Å². The number of carbonyl (C=O) groups excluding carboxylic acids is 2. The van der Waals surface area contributed by atoms with Gasteiger partial charge in [0.05, 0.1) is 41.7 Å². The minimum absolute atomic E-state index is 0.0143. The Labute approximate surface area is 274 Å². The Morgan fingerprint density at radius 3 is 2.68 bits per heavy atom. The molecular formula is C34H40N4O8S. The molecule has 2 fully saturated rings. The highest BCUT2D eigenvalue weighted by atomic mass is 32.2. The fourth-order valence-corrected chi connectivity index (χ4v) is 7.89. The van der Waals surface area contributed by atoms with E-state index in [0.29, 0.717) is 29.1 Å². The molecule has 47 heavy (non-hydrogen) atoms. The number of nitrogens with one attached hydrogen (secondary N) is 3. The highest BCUT2D eigenvalue weighted by molar-refractivity contribution is 7.89. The molecule has 1 aromatic heterocycles. The van der Waals surface area contributed by atoms with E-state index in [1.165, 1.54) is 16.4 Å². The molecule has 250 valence electrons. The summed E-state index contributed by atoms with van der Waals surface area (Å²) in [4.78, 5) is 28.9. The second-order valence-corrected chi connectivity index (χ2v) is 14.5. The van der Waals surface area contributed by atoms with E-state index in [2.05, 4.69) is 15.6 Å². The lowest BCUT2D eigenvalue weighted by Gasteiger charge is -2.31. The number of rotatable bonds is 12. The Balaban J connectivity index is 1.23. The molecule has 5 atom stereocenters. The van der Waals surface area contributed by atoms with Gasteiger partial charge in [0.25, 0.3) is 5.91 Å². The molecule has 2 saturated heterocycles. The van der Waals surface area contributed by atoms with Crippen LogP contribution >= 0.6 is 0 Å². The summed E-state index contributed by atoms with van der Waals surface area (Å²) in [5.41, 5.74) is 2.86. The van der Waals surface area contributed by atoms with Crippen molar-refractivity contribution >= 4 is 39.4 Å². The van der Waals surface area contributed by atoms with Gasteiger partial charge in [-0.15, -0.1) is 0 Å². The molecule has 0 spiro atoms. The van der Waals surface area contributed by atoms with Gasteiger partial charge in [0.2, 0.25) is 10.0 Å². The molecule has 2 amide bonds. The molecule has 0 aliphatic carbocycles. The molecule has 4 N–H and O–H groups in total. The first-order valence-corrected chi connectivity index (χ1v) is 17.3. The van der Waals surface area contributed by atoms with Gasteiger partial charge < -0.3 is 34.9 Å². The van der Waals surface area contributed by atoms with Crippen LogP contribution in [0.4, 0.5) is 10.5 Å². The summed E-state index contributed by atoms with van der Waals surface area (Å²) >= 11 is 0. The zero-order valence-corrected chi connectivity index (χ0v) is 27.1. The average molecular weight is 665 g/mol. The second-order valence-electron chi connectivity index (χ2n) is 12.5. The second kappa shape index (κ2) is 14.0. The van der Waals surface area contributed by atoms with Crippen molar-refractivity contribution in [2.24, 2.45) is 11.8 Å². The number of aliphatic hydroxyl groups is 1. The third kappa shape index (κ3) is 7.44. The van der Waals surface area contributed by atoms with E-state index in [0.717, 1.165) is 12.0 Å². The van der Waals surface area contributed by atoms with E-state index in [1.54, 1.807) is 24.4 Å². The number of aromatic amines is 1. The number of fused-ring (bicyclic) bond motifs is 2. The third-order valence-electron chi connectivity index (χ3n) is 8.60. The van der Waals surface area contributed by atoms with Crippen LogP contribution in [0.5, 0.6) is 0 Å². The van der Waals surface area contributed by atoms with Crippen LogP contribution in [-0.4, -0.2) is 85.7 Å². The van der Waals surface area contributed by atoms with Crippen LogP contribution in [0.3, 0.4) is 0 Å². The van der Waals surface area contributed by atoms with Crippen LogP contribution in [0.25, 0.3) is 11.6 Å². The van der Waals surface area contributed by atoms with Gasteiger partial charge in [-0.1, -0.05) is 44.2 Å². The maximum atomic E-state index is 14.2. The predicted molar refractivity (Wildman–Crippen MR) is 174 cm³/mol. The average Bonchev–Trinajstić information content (AvgIpc) is 3.84. The summed E-state index contributed by atoms with van der Waals surface area (Å²) in [6, 6.07) is 16.6. The third-order valence-corrected chi connectivity index (χ3v) is 10.4. The zero-order valence-electron chi connectivity index (χ0n) is 26.3. The lowest BCUT2D eigenvalue weighted by atomic mass is 10.0. The minimum atomic E-state index is -4.15. The molecule has 12 nitrogen and oxygen atoms in total. The van der Waals surface area contributed by atoms with Crippen LogP contribution < -0.4 is 10.6 Å². The Morgan fingerprint density at radius 1 is 1.13 bits per heavy atom. The zero-order chi connectivity index (χ0) is 33.1.